The maximum Gasteiger partial charge on any atom is 0.290 e. The summed E-state index contributed by atoms with van der Waals surface area (Å²) in [5, 5.41) is 8.54. The zero-order chi connectivity index (χ0) is 16.2. The third kappa shape index (κ3) is 3.75. The molecule has 0 saturated carbocycles. The molecule has 3 aromatic rings. The smallest absolute Gasteiger partial charge is 0.290 e. The number of aromatic nitrogens is 4. The topological polar surface area (TPSA) is 99.8 Å². The summed E-state index contributed by atoms with van der Waals surface area (Å²) in [5.41, 5.74) is 6.43. The Labute approximate surface area is 136 Å². The maximum absolute atomic E-state index is 11.8. The van der Waals surface area contributed by atoms with E-state index < -0.39 is 0 Å². The molecule has 0 fully saturated rings. The predicted molar refractivity (Wildman–Crippen MR) is 85.2 cm³/mol. The third-order valence-corrected chi connectivity index (χ3v) is 3.54. The summed E-state index contributed by atoms with van der Waals surface area (Å²) in [5.74, 6) is 0.892. The minimum absolute atomic E-state index is 0.0951. The molecule has 23 heavy (non-hydrogen) atoms. The first-order valence-electron chi connectivity index (χ1n) is 6.99. The van der Waals surface area contributed by atoms with Crippen molar-refractivity contribution in [3.05, 3.63) is 69.2 Å². The summed E-state index contributed by atoms with van der Waals surface area (Å²) in [6, 6.07) is 9.05. The lowest BCUT2D eigenvalue weighted by molar-refractivity contribution is 0.358. The molecule has 0 bridgehead atoms. The van der Waals surface area contributed by atoms with Crippen molar-refractivity contribution in [2.75, 3.05) is 5.73 Å². The molecule has 118 valence electrons. The van der Waals surface area contributed by atoms with Gasteiger partial charge in [0.2, 0.25) is 5.89 Å². The van der Waals surface area contributed by atoms with E-state index in [9.17, 15) is 4.79 Å². The van der Waals surface area contributed by atoms with Crippen molar-refractivity contribution in [2.45, 2.75) is 19.4 Å². The Balaban J connectivity index is 1.65. The van der Waals surface area contributed by atoms with E-state index in [2.05, 4.69) is 15.2 Å². The third-order valence-electron chi connectivity index (χ3n) is 3.29. The van der Waals surface area contributed by atoms with Crippen LogP contribution in [0.15, 0.2) is 45.8 Å². The van der Waals surface area contributed by atoms with E-state index in [1.54, 1.807) is 0 Å². The molecular formula is C15H14ClN5O2. The zero-order valence-electron chi connectivity index (χ0n) is 12.1. The van der Waals surface area contributed by atoms with Gasteiger partial charge < -0.3 is 10.3 Å². The maximum atomic E-state index is 11.8. The minimum Gasteiger partial charge on any atom is -0.394 e. The van der Waals surface area contributed by atoms with Crippen molar-refractivity contribution in [2.24, 2.45) is 0 Å². The second-order valence-electron chi connectivity index (χ2n) is 4.98. The van der Waals surface area contributed by atoms with E-state index >= 15 is 0 Å². The number of nitrogen functional groups attached to an aromatic ring is 1. The highest BCUT2D eigenvalue weighted by Crippen LogP contribution is 2.11. The van der Waals surface area contributed by atoms with E-state index in [-0.39, 0.29) is 17.8 Å². The molecule has 0 atom stereocenters. The van der Waals surface area contributed by atoms with Crippen LogP contribution in [-0.4, -0.2) is 19.9 Å². The standard InChI is InChI=1S/C15H14ClN5O2/c16-11-4-1-10(2-5-11)3-6-13-19-14(23-20-13)9-21-15(22)12(17)7-8-18-21/h1-2,4-5,7-8H,3,6,9,17H2. The SMILES string of the molecule is Nc1ccnn(Cc2nc(CCc3ccc(Cl)cc3)no2)c1=O. The lowest BCUT2D eigenvalue weighted by Gasteiger charge is -2.00. The Morgan fingerprint density at radius 3 is 2.74 bits per heavy atom. The highest BCUT2D eigenvalue weighted by atomic mass is 35.5. The Morgan fingerprint density at radius 2 is 1.96 bits per heavy atom. The first kappa shape index (κ1) is 15.2. The first-order valence-corrected chi connectivity index (χ1v) is 7.37. The summed E-state index contributed by atoms with van der Waals surface area (Å²) in [6.07, 6.45) is 2.85. The molecule has 7 nitrogen and oxygen atoms in total. The van der Waals surface area contributed by atoms with Crippen LogP contribution in [0.2, 0.25) is 5.02 Å². The highest BCUT2D eigenvalue weighted by Gasteiger charge is 2.10. The van der Waals surface area contributed by atoms with Gasteiger partial charge in [-0.1, -0.05) is 28.9 Å². The van der Waals surface area contributed by atoms with Crippen molar-refractivity contribution in [1.82, 2.24) is 19.9 Å². The Hall–Kier alpha value is -2.67. The van der Waals surface area contributed by atoms with E-state index in [0.29, 0.717) is 23.2 Å². The molecule has 0 aliphatic rings. The van der Waals surface area contributed by atoms with Crippen molar-refractivity contribution in [1.29, 1.82) is 0 Å². The minimum atomic E-state index is -0.381. The lowest BCUT2D eigenvalue weighted by atomic mass is 10.1. The van der Waals surface area contributed by atoms with Crippen molar-refractivity contribution in [3.63, 3.8) is 0 Å². The molecular weight excluding hydrogens is 318 g/mol. The Bertz CT molecular complexity index is 857. The van der Waals surface area contributed by atoms with Crippen LogP contribution in [-0.2, 0) is 19.4 Å². The van der Waals surface area contributed by atoms with E-state index in [4.69, 9.17) is 21.9 Å². The summed E-state index contributed by atoms with van der Waals surface area (Å²) < 4.78 is 6.33. The summed E-state index contributed by atoms with van der Waals surface area (Å²) in [4.78, 5) is 16.1. The number of halogens is 1. The number of hydrogen-bond donors (Lipinski definition) is 1. The summed E-state index contributed by atoms with van der Waals surface area (Å²) in [7, 11) is 0. The fourth-order valence-electron chi connectivity index (χ4n) is 2.07. The monoisotopic (exact) mass is 331 g/mol. The molecule has 8 heteroatoms. The molecule has 2 N–H and O–H groups in total. The van der Waals surface area contributed by atoms with Gasteiger partial charge in [0.05, 0.1) is 0 Å². The normalized spacial score (nSPS) is 10.8. The molecule has 0 aliphatic heterocycles. The second-order valence-corrected chi connectivity index (χ2v) is 5.42. The van der Waals surface area contributed by atoms with Crippen LogP contribution in [0.4, 0.5) is 5.69 Å². The fraction of sp³-hybridized carbons (Fsp3) is 0.200. The number of nitrogens with zero attached hydrogens (tertiary/aromatic N) is 4. The number of anilines is 1. The quantitative estimate of drug-likeness (QED) is 0.763. The lowest BCUT2D eigenvalue weighted by Crippen LogP contribution is -2.25. The molecule has 2 heterocycles. The van der Waals surface area contributed by atoms with Crippen molar-refractivity contribution < 1.29 is 4.52 Å². The molecule has 1 aromatic carbocycles. The fourth-order valence-corrected chi connectivity index (χ4v) is 2.20. The first-order chi connectivity index (χ1) is 11.1. The van der Waals surface area contributed by atoms with E-state index in [0.717, 1.165) is 12.0 Å². The summed E-state index contributed by atoms with van der Waals surface area (Å²) >= 11 is 5.85. The van der Waals surface area contributed by atoms with Crippen LogP contribution < -0.4 is 11.3 Å². The van der Waals surface area contributed by atoms with Gasteiger partial charge in [0, 0.05) is 17.6 Å². The molecule has 0 spiro atoms. The van der Waals surface area contributed by atoms with Gasteiger partial charge in [-0.05, 0) is 30.2 Å². The second kappa shape index (κ2) is 6.62. The van der Waals surface area contributed by atoms with Gasteiger partial charge in [-0.25, -0.2) is 4.68 Å². The summed E-state index contributed by atoms with van der Waals surface area (Å²) in [6.45, 7) is 0.0951. The highest BCUT2D eigenvalue weighted by molar-refractivity contribution is 6.30. The number of aryl methyl sites for hydroxylation is 2. The van der Waals surface area contributed by atoms with Crippen LogP contribution in [0, 0.1) is 0 Å². The molecule has 0 aliphatic carbocycles. The van der Waals surface area contributed by atoms with Gasteiger partial charge in [-0.15, -0.1) is 0 Å². The predicted octanol–water partition coefficient (Wildman–Crippen LogP) is 1.70. The van der Waals surface area contributed by atoms with Crippen molar-refractivity contribution >= 4 is 17.3 Å². The van der Waals surface area contributed by atoms with Gasteiger partial charge in [0.15, 0.2) is 5.82 Å². The van der Waals surface area contributed by atoms with Crippen LogP contribution in [0.25, 0.3) is 0 Å². The molecule has 0 radical (unpaired) electrons. The largest absolute Gasteiger partial charge is 0.394 e. The van der Waals surface area contributed by atoms with Gasteiger partial charge in [-0.2, -0.15) is 10.1 Å². The van der Waals surface area contributed by atoms with Crippen LogP contribution in [0.5, 0.6) is 0 Å². The van der Waals surface area contributed by atoms with Gasteiger partial charge >= 0.3 is 0 Å². The molecule has 2 aromatic heterocycles. The zero-order valence-corrected chi connectivity index (χ0v) is 12.9. The van der Waals surface area contributed by atoms with Crippen LogP contribution >= 0.6 is 11.6 Å². The molecule has 0 unspecified atom stereocenters. The average Bonchev–Trinajstić information content (AvgIpc) is 2.99. The molecule has 0 amide bonds. The Morgan fingerprint density at radius 1 is 1.17 bits per heavy atom. The van der Waals surface area contributed by atoms with E-state index in [1.807, 2.05) is 24.3 Å². The number of rotatable bonds is 5. The van der Waals surface area contributed by atoms with Crippen LogP contribution in [0.1, 0.15) is 17.3 Å². The number of hydrogen-bond acceptors (Lipinski definition) is 6. The average molecular weight is 332 g/mol. The van der Waals surface area contributed by atoms with Crippen LogP contribution in [0.3, 0.4) is 0 Å². The molecule has 0 saturated heterocycles. The Kier molecular flexibility index (Phi) is 4.38. The number of nitrogens with two attached hydrogens (primary N) is 1. The molecule has 3 rings (SSSR count). The van der Waals surface area contributed by atoms with E-state index in [1.165, 1.54) is 16.9 Å². The van der Waals surface area contributed by atoms with Gasteiger partial charge in [-0.3, -0.25) is 4.79 Å². The van der Waals surface area contributed by atoms with Gasteiger partial charge in [0.1, 0.15) is 12.2 Å². The number of benzene rings is 1. The van der Waals surface area contributed by atoms with Gasteiger partial charge in [0.25, 0.3) is 5.56 Å². The van der Waals surface area contributed by atoms with Crippen molar-refractivity contribution in [3.8, 4) is 0 Å².